The van der Waals surface area contributed by atoms with Crippen molar-refractivity contribution in [1.29, 1.82) is 0 Å². The van der Waals surface area contributed by atoms with E-state index in [9.17, 15) is 31.9 Å². The van der Waals surface area contributed by atoms with Crippen LogP contribution in [0.3, 0.4) is 0 Å². The third-order valence-electron chi connectivity index (χ3n) is 7.41. The fourth-order valence-corrected chi connectivity index (χ4v) is 7.26. The highest BCUT2D eigenvalue weighted by atomic mass is 32.2. The van der Waals surface area contributed by atoms with E-state index in [0.717, 1.165) is 35.9 Å². The fourth-order valence-electron chi connectivity index (χ4n) is 5.06. The molecule has 0 bridgehead atoms. The van der Waals surface area contributed by atoms with Gasteiger partial charge in [0.2, 0.25) is 5.91 Å². The van der Waals surface area contributed by atoms with E-state index in [2.05, 4.69) is 22.2 Å². The Bertz CT molecular complexity index is 1390. The summed E-state index contributed by atoms with van der Waals surface area (Å²) < 4.78 is 59.8. The molecular weight excluding hydrogens is 616 g/mol. The first-order valence-electron chi connectivity index (χ1n) is 15.7. The summed E-state index contributed by atoms with van der Waals surface area (Å²) in [6, 6.07) is 9.72. The summed E-state index contributed by atoms with van der Waals surface area (Å²) in [5, 5.41) is 16.3. The molecule has 0 spiro atoms. The molecule has 1 unspecified atom stereocenters. The Morgan fingerprint density at radius 2 is 1.67 bits per heavy atom. The van der Waals surface area contributed by atoms with Gasteiger partial charge >= 0.3 is 6.09 Å². The van der Waals surface area contributed by atoms with Gasteiger partial charge in [-0.05, 0) is 54.5 Å². The Balaban J connectivity index is 2.35. The van der Waals surface area contributed by atoms with Gasteiger partial charge in [-0.25, -0.2) is 22.0 Å². The predicted molar refractivity (Wildman–Crippen MR) is 176 cm³/mol. The zero-order chi connectivity index (χ0) is 34.1. The molecule has 3 N–H and O–H groups in total. The maximum absolute atomic E-state index is 14.0. The zero-order valence-corrected chi connectivity index (χ0v) is 27.7. The average molecular weight is 664 g/mol. The molecule has 9 nitrogen and oxygen atoms in total. The quantitative estimate of drug-likeness (QED) is 0.133. The van der Waals surface area contributed by atoms with Gasteiger partial charge in [-0.3, -0.25) is 4.79 Å². The number of halogens is 2. The molecule has 12 heteroatoms. The number of carbonyl (C=O) groups is 2. The second-order valence-corrected chi connectivity index (χ2v) is 13.6. The molecular formula is C34H47F2N3O6S. The number of benzene rings is 2. The lowest BCUT2D eigenvalue weighted by Gasteiger charge is -2.27. The summed E-state index contributed by atoms with van der Waals surface area (Å²) in [6.45, 7) is 9.52. The summed E-state index contributed by atoms with van der Waals surface area (Å²) >= 11 is 0. The number of sulfone groups is 1. The van der Waals surface area contributed by atoms with Crippen molar-refractivity contribution in [2.75, 3.05) is 18.9 Å². The Kier molecular flexibility index (Phi) is 16.7. The van der Waals surface area contributed by atoms with Gasteiger partial charge in [0.15, 0.2) is 9.84 Å². The van der Waals surface area contributed by atoms with Crippen LogP contribution in [-0.2, 0) is 38.8 Å². The van der Waals surface area contributed by atoms with E-state index in [1.54, 1.807) is 0 Å². The van der Waals surface area contributed by atoms with Crippen LogP contribution in [0, 0.1) is 17.6 Å². The molecule has 2 rings (SSSR count). The number of hydrogen-bond donors (Lipinski definition) is 3. The molecule has 2 aromatic carbocycles. The van der Waals surface area contributed by atoms with Crippen molar-refractivity contribution < 1.29 is 36.6 Å². The highest BCUT2D eigenvalue weighted by Crippen LogP contribution is 2.19. The normalized spacial score (nSPS) is 13.8. The summed E-state index contributed by atoms with van der Waals surface area (Å²) in [6.07, 6.45) is 2.73. The number of aliphatic hydroxyl groups is 1. The number of nitrogens with zero attached hydrogens (tertiary/aromatic N) is 1. The van der Waals surface area contributed by atoms with E-state index in [4.69, 9.17) is 4.74 Å². The second kappa shape index (κ2) is 19.9. The van der Waals surface area contributed by atoms with Crippen LogP contribution < -0.4 is 10.6 Å². The maximum Gasteiger partial charge on any atom is 0.433 e. The molecule has 0 aliphatic heterocycles. The van der Waals surface area contributed by atoms with E-state index in [0.29, 0.717) is 38.3 Å². The minimum atomic E-state index is -3.83. The minimum Gasteiger partial charge on any atom is -0.444 e. The fraction of sp³-hybridized carbons (Fsp3) is 0.500. The number of ether oxygens (including phenoxy) is 1. The molecule has 3 atom stereocenters. The molecule has 0 aliphatic carbocycles. The largest absolute Gasteiger partial charge is 0.444 e. The number of nitrogens with one attached hydrogen (secondary N) is 2. The van der Waals surface area contributed by atoms with Crippen LogP contribution in [0.4, 0.5) is 13.6 Å². The molecule has 0 saturated carbocycles. The third kappa shape index (κ3) is 13.5. The van der Waals surface area contributed by atoms with Crippen molar-refractivity contribution in [2.45, 2.75) is 83.2 Å². The minimum absolute atomic E-state index is 0.000888. The van der Waals surface area contributed by atoms with Gasteiger partial charge in [-0.2, -0.15) is 4.99 Å². The molecule has 0 aliphatic rings. The monoisotopic (exact) mass is 663 g/mol. The topological polar surface area (TPSA) is 134 Å². The van der Waals surface area contributed by atoms with E-state index in [-0.39, 0.29) is 25.1 Å². The van der Waals surface area contributed by atoms with Gasteiger partial charge in [-0.1, -0.05) is 70.5 Å². The lowest BCUT2D eigenvalue weighted by Crippen LogP contribution is -2.51. The highest BCUT2D eigenvalue weighted by molar-refractivity contribution is 7.92. The summed E-state index contributed by atoms with van der Waals surface area (Å²) in [7, 11) is -3.83. The molecule has 0 saturated heterocycles. The van der Waals surface area contributed by atoms with Crippen molar-refractivity contribution >= 4 is 28.1 Å². The molecule has 2 aromatic rings. The van der Waals surface area contributed by atoms with Crippen LogP contribution in [0.15, 0.2) is 60.1 Å². The van der Waals surface area contributed by atoms with Crippen molar-refractivity contribution in [1.82, 2.24) is 10.6 Å². The number of amides is 2. The number of carbonyl (C=O) groups excluding carboxylic acids is 2. The number of aryl methyl sites for hydroxylation is 1. The predicted octanol–water partition coefficient (Wildman–Crippen LogP) is 5.10. The second-order valence-electron chi connectivity index (χ2n) is 11.2. The van der Waals surface area contributed by atoms with Gasteiger partial charge < -0.3 is 20.5 Å². The number of rotatable bonds is 20. The number of aliphatic hydroxyl groups excluding tert-OH is 1. The van der Waals surface area contributed by atoms with Crippen LogP contribution in [0.25, 0.3) is 0 Å². The van der Waals surface area contributed by atoms with E-state index in [1.807, 2.05) is 45.0 Å². The van der Waals surface area contributed by atoms with Gasteiger partial charge in [0, 0.05) is 25.4 Å². The molecule has 0 radical (unpaired) electrons. The lowest BCUT2D eigenvalue weighted by atomic mass is 9.99. The first-order valence-corrected chi connectivity index (χ1v) is 17.4. The Morgan fingerprint density at radius 1 is 1.02 bits per heavy atom. The standard InChI is InChI=1S/C34H47F2N3O6S/c1-5-10-30(11-6-2)46(43,44)23-27(21-38-34(42)45-14-7-3)33(41)39-31(18-26-16-28(35)19-29(36)17-26)32(40)22-37-20-25-13-9-12-24(8-4)15-25/h7,9,12-13,15-17,19,21,27,30-32,37,40H,3,5-6,8,10-11,14,18,20,22-23H2,1-2,4H3,(H,39,41)/b38-21-/t27?,31-,32+/m0/s1. The van der Waals surface area contributed by atoms with E-state index >= 15 is 0 Å². The lowest BCUT2D eigenvalue weighted by molar-refractivity contribution is -0.124. The molecule has 46 heavy (non-hydrogen) atoms. The van der Waals surface area contributed by atoms with Gasteiger partial charge in [0.1, 0.15) is 18.2 Å². The third-order valence-corrected chi connectivity index (χ3v) is 9.73. The Morgan fingerprint density at radius 3 is 2.28 bits per heavy atom. The average Bonchev–Trinajstić information content (AvgIpc) is 3.01. The van der Waals surface area contributed by atoms with Gasteiger partial charge in [0.05, 0.1) is 29.1 Å². The SMILES string of the molecule is C=CCOC(=O)/N=C\C(CS(=O)(=O)C(CCC)CCC)C(=O)N[C@@H](Cc1cc(F)cc(F)c1)[C@H](O)CNCc1cccc(CC)c1. The van der Waals surface area contributed by atoms with Crippen molar-refractivity contribution in [3.05, 3.63) is 83.4 Å². The van der Waals surface area contributed by atoms with Crippen LogP contribution in [-0.4, -0.2) is 68.0 Å². The van der Waals surface area contributed by atoms with Crippen LogP contribution in [0.2, 0.25) is 0 Å². The van der Waals surface area contributed by atoms with Crippen molar-refractivity contribution in [3.63, 3.8) is 0 Å². The van der Waals surface area contributed by atoms with Crippen LogP contribution >= 0.6 is 0 Å². The van der Waals surface area contributed by atoms with E-state index < -0.39 is 62.5 Å². The van der Waals surface area contributed by atoms with Crippen LogP contribution in [0.1, 0.15) is 63.1 Å². The van der Waals surface area contributed by atoms with Gasteiger partial charge in [-0.15, -0.1) is 0 Å². The maximum atomic E-state index is 14.0. The molecule has 254 valence electrons. The van der Waals surface area contributed by atoms with Crippen molar-refractivity contribution in [2.24, 2.45) is 10.9 Å². The number of hydrogen-bond acceptors (Lipinski definition) is 7. The number of aliphatic imine (C=N–C) groups is 1. The molecule has 2 amide bonds. The Hall–Kier alpha value is -3.48. The molecule has 0 fully saturated rings. The highest BCUT2D eigenvalue weighted by Gasteiger charge is 2.32. The van der Waals surface area contributed by atoms with E-state index in [1.165, 1.54) is 6.08 Å². The first-order chi connectivity index (χ1) is 21.9. The van der Waals surface area contributed by atoms with Crippen LogP contribution in [0.5, 0.6) is 0 Å². The zero-order valence-electron chi connectivity index (χ0n) is 26.9. The Labute approximate surface area is 271 Å². The first kappa shape index (κ1) is 38.7. The smallest absolute Gasteiger partial charge is 0.433 e. The summed E-state index contributed by atoms with van der Waals surface area (Å²) in [4.78, 5) is 29.4. The summed E-state index contributed by atoms with van der Waals surface area (Å²) in [5.41, 5.74) is 2.31. The van der Waals surface area contributed by atoms with Gasteiger partial charge in [0.25, 0.3) is 0 Å². The summed E-state index contributed by atoms with van der Waals surface area (Å²) in [5.74, 6) is -4.52. The molecule has 0 aromatic heterocycles. The molecule has 0 heterocycles. The van der Waals surface area contributed by atoms with Crippen molar-refractivity contribution in [3.8, 4) is 0 Å².